The average molecular weight is 743 g/mol. The second kappa shape index (κ2) is 15.9. The van der Waals surface area contributed by atoms with Crippen LogP contribution in [0.25, 0.3) is 55.7 Å². The van der Waals surface area contributed by atoms with Gasteiger partial charge in [-0.05, 0) is 108 Å². The van der Waals surface area contributed by atoms with Gasteiger partial charge < -0.3 is 4.42 Å². The maximum atomic E-state index is 15.1. The molecular weight excluding hydrogens is 690 g/mol. The minimum Gasteiger partial charge on any atom is -0.455 e. The summed E-state index contributed by atoms with van der Waals surface area (Å²) < 4.78 is 141. The Morgan fingerprint density at radius 3 is 1.45 bits per heavy atom. The van der Waals surface area contributed by atoms with Gasteiger partial charge >= 0.3 is 0 Å². The lowest BCUT2D eigenvalue weighted by Crippen LogP contribution is -2.00. The summed E-state index contributed by atoms with van der Waals surface area (Å²) >= 11 is 0. The number of hydrogen-bond donors (Lipinski definition) is 0. The van der Waals surface area contributed by atoms with Crippen LogP contribution in [0.5, 0.6) is 0 Å². The molecule has 9 rings (SSSR count). The summed E-state index contributed by atoms with van der Waals surface area (Å²) in [5.41, 5.74) is 1.11. The van der Waals surface area contributed by atoms with E-state index in [0.717, 1.165) is 35.5 Å². The maximum Gasteiger partial charge on any atom is 0.144 e. The molecule has 5 aromatic carbocycles. The number of nitrogens with zero attached hydrogens (tertiary/aromatic N) is 3. The van der Waals surface area contributed by atoms with Crippen molar-refractivity contribution < 1.29 is 26.6 Å². The summed E-state index contributed by atoms with van der Waals surface area (Å²) in [4.78, 5) is 13.2. The highest BCUT2D eigenvalue weighted by Crippen LogP contribution is 2.36. The van der Waals surface area contributed by atoms with Crippen molar-refractivity contribution >= 4 is 21.9 Å². The van der Waals surface area contributed by atoms with E-state index in [1.165, 1.54) is 60.9 Å². The van der Waals surface area contributed by atoms with Crippen molar-refractivity contribution in [1.29, 1.82) is 0 Å². The average Bonchev–Trinajstić information content (AvgIpc) is 3.75. The molecule has 4 heterocycles. The highest BCUT2D eigenvalue weighted by atomic mass is 19.1. The summed E-state index contributed by atoms with van der Waals surface area (Å²) in [6.45, 7) is 0. The molecule has 0 saturated carbocycles. The largest absolute Gasteiger partial charge is 0.455 e. The Bertz CT molecular complexity index is 3230. The van der Waals surface area contributed by atoms with Crippen LogP contribution in [-0.4, -0.2) is 15.0 Å². The molecule has 4 aromatic heterocycles. The van der Waals surface area contributed by atoms with Crippen molar-refractivity contribution in [3.8, 4) is 33.8 Å². The fraction of sp³-hybridized carbons (Fsp3) is 0.118. The first kappa shape index (κ1) is 23.3. The van der Waals surface area contributed by atoms with Crippen LogP contribution >= 0.6 is 0 Å². The van der Waals surface area contributed by atoms with Gasteiger partial charge in [0.25, 0.3) is 0 Å². The third-order valence-electron chi connectivity index (χ3n) is 9.10. The van der Waals surface area contributed by atoms with Crippen LogP contribution in [-0.2, 0) is 38.2 Å². The van der Waals surface area contributed by atoms with Crippen LogP contribution in [0.3, 0.4) is 0 Å². The Labute approximate surface area is 344 Å². The molecule has 0 unspecified atom stereocenters. The van der Waals surface area contributed by atoms with Gasteiger partial charge in [0.05, 0.1) is 23.8 Å². The Hall–Kier alpha value is -6.72. The highest BCUT2D eigenvalue weighted by Gasteiger charge is 2.15. The number of pyridine rings is 3. The van der Waals surface area contributed by atoms with Crippen LogP contribution < -0.4 is 0 Å². The molecule has 0 bridgehead atoms. The molecular formula is C51H40FN3O. The van der Waals surface area contributed by atoms with Gasteiger partial charge in [-0.15, -0.1) is 0 Å². The van der Waals surface area contributed by atoms with E-state index in [4.69, 9.17) is 5.79 Å². The zero-order chi connectivity index (χ0) is 49.3. The Morgan fingerprint density at radius 1 is 0.482 bits per heavy atom. The monoisotopic (exact) mass is 742 g/mol. The van der Waals surface area contributed by atoms with Crippen molar-refractivity contribution in [3.05, 3.63) is 209 Å². The molecule has 0 amide bonds. The predicted octanol–water partition coefficient (Wildman–Crippen LogP) is 12.3. The van der Waals surface area contributed by atoms with E-state index in [0.29, 0.717) is 22.3 Å². The van der Waals surface area contributed by atoms with Crippen molar-refractivity contribution in [2.24, 2.45) is 0 Å². The Kier molecular flexibility index (Phi) is 6.62. The van der Waals surface area contributed by atoms with Crippen molar-refractivity contribution in [2.45, 2.75) is 38.2 Å². The lowest BCUT2D eigenvalue weighted by molar-refractivity contribution is 0.634. The van der Waals surface area contributed by atoms with Gasteiger partial charge in [0.1, 0.15) is 17.0 Å². The molecule has 0 aliphatic rings. The fourth-order valence-corrected chi connectivity index (χ4v) is 6.34. The first-order valence-corrected chi connectivity index (χ1v) is 17.8. The van der Waals surface area contributed by atoms with E-state index in [1.54, 1.807) is 18.2 Å². The van der Waals surface area contributed by atoms with E-state index in [2.05, 4.69) is 15.0 Å². The molecule has 0 aliphatic carbocycles. The predicted molar refractivity (Wildman–Crippen MR) is 225 cm³/mol. The minimum absolute atomic E-state index is 0.118. The van der Waals surface area contributed by atoms with Gasteiger partial charge in [-0.1, -0.05) is 115 Å². The zero-order valence-electron chi connectivity index (χ0n) is 42.7. The van der Waals surface area contributed by atoms with Crippen molar-refractivity contribution in [1.82, 2.24) is 15.0 Å². The second-order valence-electron chi connectivity index (χ2n) is 12.9. The Balaban J connectivity index is 1.13. The molecule has 0 N–H and O–H groups in total. The first-order chi connectivity index (χ1) is 32.6. The third-order valence-corrected chi connectivity index (χ3v) is 9.10. The number of para-hydroxylation sites is 1. The SMILES string of the molecule is [2H]c1ccc2oc3c(-c4ccc(C([2H])([2H])C([2H])([2H])c5cc(C([2H])([2H])C([2H])([2H])c6ccc(-c7ccccc7)nc6)cc(C([2H])([2H])C([2H])([2H])c6ccc(-c7ccccc7)nc6)c5)cn4)cccc3c2c1F. The fourth-order valence-electron chi connectivity index (χ4n) is 6.34. The second-order valence-corrected chi connectivity index (χ2v) is 12.9. The molecule has 0 aliphatic heterocycles. The summed E-state index contributed by atoms with van der Waals surface area (Å²) in [5, 5.41) is 0.504. The third kappa shape index (κ3) is 7.75. The molecule has 0 radical (unpaired) electrons. The van der Waals surface area contributed by atoms with E-state index in [1.807, 2.05) is 60.7 Å². The van der Waals surface area contributed by atoms with Crippen LogP contribution in [0.15, 0.2) is 175 Å². The Morgan fingerprint density at radius 2 is 0.964 bits per heavy atom. The van der Waals surface area contributed by atoms with Gasteiger partial charge in [-0.2, -0.15) is 0 Å². The molecule has 0 fully saturated rings. The molecule has 0 atom stereocenters. The van der Waals surface area contributed by atoms with Crippen LogP contribution in [0, 0.1) is 5.82 Å². The van der Waals surface area contributed by atoms with Crippen molar-refractivity contribution in [3.63, 3.8) is 0 Å². The van der Waals surface area contributed by atoms with Gasteiger partial charge in [-0.25, -0.2) is 4.39 Å². The minimum atomic E-state index is -3.14. The number of aromatic nitrogens is 3. The first-order valence-electron chi connectivity index (χ1n) is 24.3. The van der Waals surface area contributed by atoms with Crippen LogP contribution in [0.4, 0.5) is 4.39 Å². The highest BCUT2D eigenvalue weighted by molar-refractivity contribution is 6.09. The standard InChI is InChI=1S/C51H40FN3O/c52-45-15-8-16-49-50(45)44-14-7-13-43(51(44)56-49)48-28-25-37(34-55-48)19-22-40-30-38(20-17-35-23-26-46(53-32-35)41-9-3-1-4-10-41)29-39(31-40)21-18-36-24-27-47(54-33-36)42-11-5-2-6-12-42/h1-16,23-34H,17-22H2/i15D,17D2,18D2,19D2,20D2,21D2,22D2. The van der Waals surface area contributed by atoms with Crippen LogP contribution in [0.1, 0.15) is 51.2 Å². The molecule has 5 heteroatoms. The van der Waals surface area contributed by atoms with Gasteiger partial charge in [-0.3, -0.25) is 15.0 Å². The summed E-state index contributed by atoms with van der Waals surface area (Å²) in [6, 6.07) is 36.9. The quantitative estimate of drug-likeness (QED) is 0.125. The molecule has 272 valence electrons. The topological polar surface area (TPSA) is 51.8 Å². The lowest BCUT2D eigenvalue weighted by Gasteiger charge is -2.12. The van der Waals surface area contributed by atoms with E-state index < -0.39 is 60.7 Å². The normalized spacial score (nSPS) is 16.3. The number of fused-ring (bicyclic) bond motifs is 3. The van der Waals surface area contributed by atoms with Gasteiger partial charge in [0.2, 0.25) is 0 Å². The molecule has 56 heavy (non-hydrogen) atoms. The molecule has 4 nitrogen and oxygen atoms in total. The molecule has 0 spiro atoms. The smallest absolute Gasteiger partial charge is 0.144 e. The maximum absolute atomic E-state index is 15.1. The molecule has 9 aromatic rings. The number of benzene rings is 5. The van der Waals surface area contributed by atoms with E-state index in [9.17, 15) is 16.4 Å². The van der Waals surface area contributed by atoms with Crippen molar-refractivity contribution in [2.75, 3.05) is 0 Å². The zero-order valence-corrected chi connectivity index (χ0v) is 29.7. The lowest BCUT2D eigenvalue weighted by atomic mass is 9.94. The van der Waals surface area contributed by atoms with Gasteiger partial charge in [0, 0.05) is 57.1 Å². The van der Waals surface area contributed by atoms with Crippen LogP contribution in [0.2, 0.25) is 0 Å². The summed E-state index contributed by atoms with van der Waals surface area (Å²) in [6.07, 6.45) is -14.7. The summed E-state index contributed by atoms with van der Waals surface area (Å²) in [5.74, 6) is -0.758. The van der Waals surface area contributed by atoms with E-state index in [-0.39, 0.29) is 45.0 Å². The molecule has 0 saturated heterocycles. The number of halogens is 1. The van der Waals surface area contributed by atoms with E-state index >= 15 is 4.39 Å². The van der Waals surface area contributed by atoms with Gasteiger partial charge in [0.15, 0.2) is 0 Å². The number of furan rings is 1. The summed E-state index contributed by atoms with van der Waals surface area (Å²) in [7, 11) is 0. The number of hydrogen-bond acceptors (Lipinski definition) is 4. The number of aryl methyl sites for hydroxylation is 6. The number of rotatable bonds is 12.